The Kier molecular flexibility index (Phi) is 5.78. The average molecular weight is 252 g/mol. The molecule has 102 valence electrons. The van der Waals surface area contributed by atoms with Crippen molar-refractivity contribution in [2.75, 3.05) is 24.7 Å². The van der Waals surface area contributed by atoms with Gasteiger partial charge in [0, 0.05) is 30.1 Å². The maximum atomic E-state index is 10.0. The van der Waals surface area contributed by atoms with Gasteiger partial charge in [-0.15, -0.1) is 0 Å². The number of anilines is 2. The van der Waals surface area contributed by atoms with Gasteiger partial charge < -0.3 is 20.9 Å². The third-order valence-electron chi connectivity index (χ3n) is 3.27. The Morgan fingerprint density at radius 1 is 1.28 bits per heavy atom. The number of nitrogen functional groups attached to an aromatic ring is 1. The number of benzene rings is 1. The van der Waals surface area contributed by atoms with Crippen molar-refractivity contribution in [1.29, 1.82) is 0 Å². The average Bonchev–Trinajstić information content (AvgIpc) is 2.37. The number of aliphatic hydroxyl groups excluding tert-OH is 1. The molecule has 0 aliphatic heterocycles. The fourth-order valence-corrected chi connectivity index (χ4v) is 2.06. The Bertz CT molecular complexity index is 365. The summed E-state index contributed by atoms with van der Waals surface area (Å²) in [5, 5.41) is 13.2. The molecule has 0 spiro atoms. The molecule has 0 radical (unpaired) electrons. The molecule has 1 atom stereocenters. The highest BCUT2D eigenvalue weighted by Crippen LogP contribution is 2.22. The predicted octanol–water partition coefficient (Wildman–Crippen LogP) is 2.49. The summed E-state index contributed by atoms with van der Waals surface area (Å²) in [6.07, 6.45) is 1.63. The van der Waals surface area contributed by atoms with E-state index in [1.54, 1.807) is 13.2 Å². The first-order chi connectivity index (χ1) is 8.60. The van der Waals surface area contributed by atoms with E-state index >= 15 is 0 Å². The molecular formula is C14H24N2O2. The van der Waals surface area contributed by atoms with E-state index in [9.17, 15) is 5.11 Å². The summed E-state index contributed by atoms with van der Waals surface area (Å²) in [5.41, 5.74) is 7.29. The van der Waals surface area contributed by atoms with Gasteiger partial charge in [-0.3, -0.25) is 0 Å². The zero-order chi connectivity index (χ0) is 13.5. The summed E-state index contributed by atoms with van der Waals surface area (Å²) in [6.45, 7) is 4.72. The summed E-state index contributed by atoms with van der Waals surface area (Å²) < 4.78 is 5.15. The molecule has 4 N–H and O–H groups in total. The van der Waals surface area contributed by atoms with Gasteiger partial charge in [0.25, 0.3) is 0 Å². The van der Waals surface area contributed by atoms with Gasteiger partial charge in [-0.05, 0) is 12.0 Å². The largest absolute Gasteiger partial charge is 0.497 e. The lowest BCUT2D eigenvalue weighted by atomic mass is 9.96. The normalized spacial score (nSPS) is 12.5. The molecule has 0 saturated heterocycles. The van der Waals surface area contributed by atoms with Crippen LogP contribution in [0.4, 0.5) is 11.4 Å². The number of nitrogens with one attached hydrogen (secondary N) is 1. The van der Waals surface area contributed by atoms with Crippen LogP contribution in [0, 0.1) is 5.92 Å². The third-order valence-corrected chi connectivity index (χ3v) is 3.27. The van der Waals surface area contributed by atoms with Crippen LogP contribution in [0.2, 0.25) is 0 Å². The van der Waals surface area contributed by atoms with Gasteiger partial charge in [-0.2, -0.15) is 0 Å². The van der Waals surface area contributed by atoms with Gasteiger partial charge in [0.2, 0.25) is 0 Å². The minimum absolute atomic E-state index is 0.334. The fourth-order valence-electron chi connectivity index (χ4n) is 2.06. The van der Waals surface area contributed by atoms with Crippen LogP contribution < -0.4 is 15.8 Å². The monoisotopic (exact) mass is 252 g/mol. The van der Waals surface area contributed by atoms with E-state index in [0.717, 1.165) is 24.3 Å². The number of aliphatic hydroxyl groups is 1. The number of nitrogens with two attached hydrogens (primary N) is 1. The molecular weight excluding hydrogens is 228 g/mol. The van der Waals surface area contributed by atoms with Crippen molar-refractivity contribution >= 4 is 11.4 Å². The lowest BCUT2D eigenvalue weighted by Crippen LogP contribution is -2.27. The summed E-state index contributed by atoms with van der Waals surface area (Å²) >= 11 is 0. The van der Waals surface area contributed by atoms with E-state index in [0.29, 0.717) is 18.2 Å². The topological polar surface area (TPSA) is 67.5 Å². The highest BCUT2D eigenvalue weighted by atomic mass is 16.5. The number of methoxy groups -OCH3 is 1. The van der Waals surface area contributed by atoms with Gasteiger partial charge in [0.05, 0.1) is 13.2 Å². The van der Waals surface area contributed by atoms with Crippen LogP contribution >= 0.6 is 0 Å². The first-order valence-corrected chi connectivity index (χ1v) is 6.47. The molecule has 0 aliphatic carbocycles. The smallest absolute Gasteiger partial charge is 0.122 e. The zero-order valence-corrected chi connectivity index (χ0v) is 11.4. The number of hydrogen-bond donors (Lipinski definition) is 3. The molecule has 1 unspecified atom stereocenters. The van der Waals surface area contributed by atoms with Crippen LogP contribution in [0.5, 0.6) is 5.75 Å². The van der Waals surface area contributed by atoms with Crippen LogP contribution in [-0.4, -0.2) is 24.9 Å². The van der Waals surface area contributed by atoms with E-state index in [4.69, 9.17) is 10.5 Å². The van der Waals surface area contributed by atoms with Crippen molar-refractivity contribution in [3.63, 3.8) is 0 Å². The van der Waals surface area contributed by atoms with E-state index < -0.39 is 0 Å². The predicted molar refractivity (Wildman–Crippen MR) is 76.0 cm³/mol. The molecule has 0 heterocycles. The van der Waals surface area contributed by atoms with Crippen molar-refractivity contribution in [2.45, 2.75) is 32.8 Å². The van der Waals surface area contributed by atoms with Crippen molar-refractivity contribution in [1.82, 2.24) is 0 Å². The standard InChI is InChI=1S/C14H24N2O2/c1-4-10(5-2)14(17)9-16-12-6-11(15)7-13(8-12)18-3/h6-8,10,14,16-17H,4-5,9,15H2,1-3H3. The Morgan fingerprint density at radius 2 is 1.94 bits per heavy atom. The van der Waals surface area contributed by atoms with Crippen molar-refractivity contribution in [3.05, 3.63) is 18.2 Å². The Balaban J connectivity index is 2.60. The first kappa shape index (κ1) is 14.6. The van der Waals surface area contributed by atoms with Gasteiger partial charge in [0.15, 0.2) is 0 Å². The molecule has 4 nitrogen and oxygen atoms in total. The Labute approximate surface area is 109 Å². The third kappa shape index (κ3) is 4.11. The summed E-state index contributed by atoms with van der Waals surface area (Å²) in [4.78, 5) is 0. The molecule has 0 aromatic heterocycles. The van der Waals surface area contributed by atoms with Crippen LogP contribution in [0.3, 0.4) is 0 Å². The van der Waals surface area contributed by atoms with Crippen LogP contribution in [0.25, 0.3) is 0 Å². The van der Waals surface area contributed by atoms with E-state index in [1.807, 2.05) is 12.1 Å². The van der Waals surface area contributed by atoms with Gasteiger partial charge >= 0.3 is 0 Å². The SMILES string of the molecule is CCC(CC)C(O)CNc1cc(N)cc(OC)c1. The summed E-state index contributed by atoms with van der Waals surface area (Å²) in [5.74, 6) is 1.05. The van der Waals surface area contributed by atoms with Crippen molar-refractivity contribution in [2.24, 2.45) is 5.92 Å². The molecule has 4 heteroatoms. The highest BCUT2D eigenvalue weighted by molar-refractivity contribution is 5.59. The van der Waals surface area contributed by atoms with Gasteiger partial charge in [-0.25, -0.2) is 0 Å². The molecule has 0 fully saturated rings. The number of rotatable bonds is 7. The first-order valence-electron chi connectivity index (χ1n) is 6.47. The number of hydrogen-bond acceptors (Lipinski definition) is 4. The lowest BCUT2D eigenvalue weighted by molar-refractivity contribution is 0.114. The lowest BCUT2D eigenvalue weighted by Gasteiger charge is -2.21. The Hall–Kier alpha value is -1.42. The molecule has 18 heavy (non-hydrogen) atoms. The second kappa shape index (κ2) is 7.11. The molecule has 0 bridgehead atoms. The number of ether oxygens (including phenoxy) is 1. The minimum atomic E-state index is -0.340. The summed E-state index contributed by atoms with van der Waals surface area (Å²) in [6, 6.07) is 5.47. The minimum Gasteiger partial charge on any atom is -0.497 e. The van der Waals surface area contributed by atoms with E-state index in [2.05, 4.69) is 19.2 Å². The van der Waals surface area contributed by atoms with Crippen LogP contribution in [0.15, 0.2) is 18.2 Å². The van der Waals surface area contributed by atoms with Crippen molar-refractivity contribution < 1.29 is 9.84 Å². The van der Waals surface area contributed by atoms with Crippen molar-refractivity contribution in [3.8, 4) is 5.75 Å². The molecule has 0 amide bonds. The second-order valence-electron chi connectivity index (χ2n) is 4.52. The van der Waals surface area contributed by atoms with Gasteiger partial charge in [0.1, 0.15) is 5.75 Å². The van der Waals surface area contributed by atoms with Gasteiger partial charge in [-0.1, -0.05) is 26.7 Å². The maximum absolute atomic E-state index is 10.0. The molecule has 0 aliphatic rings. The fraction of sp³-hybridized carbons (Fsp3) is 0.571. The Morgan fingerprint density at radius 3 is 2.50 bits per heavy atom. The van der Waals surface area contributed by atoms with E-state index in [1.165, 1.54) is 0 Å². The maximum Gasteiger partial charge on any atom is 0.122 e. The van der Waals surface area contributed by atoms with E-state index in [-0.39, 0.29) is 6.10 Å². The highest BCUT2D eigenvalue weighted by Gasteiger charge is 2.15. The molecule has 1 aromatic carbocycles. The van der Waals surface area contributed by atoms with Crippen LogP contribution in [0.1, 0.15) is 26.7 Å². The quantitative estimate of drug-likeness (QED) is 0.652. The zero-order valence-electron chi connectivity index (χ0n) is 11.4. The second-order valence-corrected chi connectivity index (χ2v) is 4.52. The molecule has 1 rings (SSSR count). The molecule has 1 aromatic rings. The summed E-state index contributed by atoms with van der Waals surface area (Å²) in [7, 11) is 1.61. The van der Waals surface area contributed by atoms with Crippen LogP contribution in [-0.2, 0) is 0 Å². The molecule has 0 saturated carbocycles.